The van der Waals surface area contributed by atoms with E-state index in [1.807, 2.05) is 0 Å². The van der Waals surface area contributed by atoms with Gasteiger partial charge in [-0.05, 0) is 25.2 Å². The molecule has 0 aromatic carbocycles. The van der Waals surface area contributed by atoms with E-state index < -0.39 is 0 Å². The normalized spacial score (nSPS) is 19.0. The molecule has 1 heterocycles. The second-order valence-electron chi connectivity index (χ2n) is 5.34. The van der Waals surface area contributed by atoms with Gasteiger partial charge in [-0.25, -0.2) is 0 Å². The van der Waals surface area contributed by atoms with Gasteiger partial charge in [-0.3, -0.25) is 4.99 Å². The number of nitrogens with zero attached hydrogens (tertiary/aromatic N) is 1. The lowest BCUT2D eigenvalue weighted by Crippen LogP contribution is -2.41. The molecule has 6 heteroatoms. The number of halogens is 1. The number of guanidine groups is 1. The summed E-state index contributed by atoms with van der Waals surface area (Å²) >= 11 is 0. The van der Waals surface area contributed by atoms with Gasteiger partial charge in [0.15, 0.2) is 5.96 Å². The Morgan fingerprint density at radius 3 is 2.80 bits per heavy atom. The van der Waals surface area contributed by atoms with Gasteiger partial charge in [-0.15, -0.1) is 24.0 Å². The Hall–Kier alpha value is -0.0800. The van der Waals surface area contributed by atoms with Gasteiger partial charge in [0.05, 0.1) is 6.10 Å². The van der Waals surface area contributed by atoms with Gasteiger partial charge in [0, 0.05) is 40.0 Å². The van der Waals surface area contributed by atoms with Crippen LogP contribution in [0.25, 0.3) is 0 Å². The maximum Gasteiger partial charge on any atom is 0.191 e. The second-order valence-corrected chi connectivity index (χ2v) is 5.34. The van der Waals surface area contributed by atoms with Gasteiger partial charge in [-0.2, -0.15) is 0 Å². The first-order chi connectivity index (χ1) is 9.22. The minimum absolute atomic E-state index is 0. The Labute approximate surface area is 140 Å². The first-order valence-corrected chi connectivity index (χ1v) is 7.36. The lowest BCUT2D eigenvalue weighted by molar-refractivity contribution is 0.108. The van der Waals surface area contributed by atoms with Gasteiger partial charge in [0.25, 0.3) is 0 Å². The summed E-state index contributed by atoms with van der Waals surface area (Å²) in [4.78, 5) is 4.19. The van der Waals surface area contributed by atoms with Crippen LogP contribution in [-0.2, 0) is 9.47 Å². The molecule has 5 nitrogen and oxygen atoms in total. The van der Waals surface area contributed by atoms with E-state index in [2.05, 4.69) is 29.5 Å². The number of rotatable bonds is 8. The third-order valence-electron chi connectivity index (χ3n) is 2.95. The van der Waals surface area contributed by atoms with Gasteiger partial charge >= 0.3 is 0 Å². The number of nitrogens with one attached hydrogen (secondary N) is 2. The maximum atomic E-state index is 5.56. The maximum absolute atomic E-state index is 5.56. The number of hydrogen-bond donors (Lipinski definition) is 2. The molecule has 0 radical (unpaired) electrons. The lowest BCUT2D eigenvalue weighted by atomic mass is 10.2. The second kappa shape index (κ2) is 12.6. The van der Waals surface area contributed by atoms with E-state index in [9.17, 15) is 0 Å². The van der Waals surface area contributed by atoms with Crippen LogP contribution in [0.1, 0.15) is 33.1 Å². The zero-order valence-electron chi connectivity index (χ0n) is 13.0. The van der Waals surface area contributed by atoms with Crippen LogP contribution in [-0.4, -0.2) is 52.0 Å². The van der Waals surface area contributed by atoms with Crippen molar-refractivity contribution < 1.29 is 9.47 Å². The molecule has 1 fully saturated rings. The highest BCUT2D eigenvalue weighted by atomic mass is 127. The third kappa shape index (κ3) is 9.77. The molecule has 1 aliphatic heterocycles. The van der Waals surface area contributed by atoms with E-state index in [1.54, 1.807) is 7.05 Å². The minimum Gasteiger partial charge on any atom is -0.381 e. The van der Waals surface area contributed by atoms with Crippen molar-refractivity contribution in [3.63, 3.8) is 0 Å². The first kappa shape index (κ1) is 19.9. The standard InChI is InChI=1S/C14H29N3O2.HI/c1-12(2)11-18-8-5-7-16-14(15-3)17-10-13-6-4-9-19-13;/h12-13H,4-11H2,1-3H3,(H2,15,16,17);1H. The number of aliphatic imine (C=N–C) groups is 1. The Morgan fingerprint density at radius 1 is 1.40 bits per heavy atom. The highest BCUT2D eigenvalue weighted by Crippen LogP contribution is 2.10. The summed E-state index contributed by atoms with van der Waals surface area (Å²) in [6.07, 6.45) is 3.65. The van der Waals surface area contributed by atoms with E-state index in [0.717, 1.165) is 51.7 Å². The predicted octanol–water partition coefficient (Wildman–Crippen LogP) is 2.01. The SMILES string of the molecule is CN=C(NCCCOCC(C)C)NCC1CCCO1.I. The van der Waals surface area contributed by atoms with Crippen LogP contribution in [0.2, 0.25) is 0 Å². The molecular weight excluding hydrogens is 369 g/mol. The van der Waals surface area contributed by atoms with Crippen LogP contribution in [0, 0.1) is 5.92 Å². The largest absolute Gasteiger partial charge is 0.381 e. The van der Waals surface area contributed by atoms with Gasteiger partial charge in [-0.1, -0.05) is 13.8 Å². The third-order valence-corrected chi connectivity index (χ3v) is 2.95. The Kier molecular flexibility index (Phi) is 12.6. The molecule has 0 spiro atoms. The van der Waals surface area contributed by atoms with Crippen LogP contribution in [0.5, 0.6) is 0 Å². The Balaban J connectivity index is 0.00000361. The van der Waals surface area contributed by atoms with Crippen molar-refractivity contribution in [3.8, 4) is 0 Å². The molecule has 0 aliphatic carbocycles. The highest BCUT2D eigenvalue weighted by Gasteiger charge is 2.15. The van der Waals surface area contributed by atoms with Crippen molar-refractivity contribution in [2.45, 2.75) is 39.2 Å². The van der Waals surface area contributed by atoms with Crippen LogP contribution >= 0.6 is 24.0 Å². The molecule has 0 bridgehead atoms. The molecular formula is C14H30IN3O2. The molecule has 0 aromatic heterocycles. The molecule has 20 heavy (non-hydrogen) atoms. The zero-order chi connectivity index (χ0) is 13.9. The molecule has 0 saturated carbocycles. The summed E-state index contributed by atoms with van der Waals surface area (Å²) in [6.45, 7) is 8.57. The molecule has 1 rings (SSSR count). The highest BCUT2D eigenvalue weighted by molar-refractivity contribution is 14.0. The van der Waals surface area contributed by atoms with E-state index in [-0.39, 0.29) is 24.0 Å². The zero-order valence-corrected chi connectivity index (χ0v) is 15.3. The van der Waals surface area contributed by atoms with E-state index in [4.69, 9.17) is 9.47 Å². The Morgan fingerprint density at radius 2 is 2.20 bits per heavy atom. The fraction of sp³-hybridized carbons (Fsp3) is 0.929. The van der Waals surface area contributed by atoms with Gasteiger partial charge in [0.2, 0.25) is 0 Å². The lowest BCUT2D eigenvalue weighted by Gasteiger charge is -2.15. The van der Waals surface area contributed by atoms with Gasteiger partial charge in [0.1, 0.15) is 0 Å². The van der Waals surface area contributed by atoms with Crippen molar-refractivity contribution in [1.29, 1.82) is 0 Å². The molecule has 1 saturated heterocycles. The molecule has 120 valence electrons. The Bertz CT molecular complexity index is 257. The molecule has 1 unspecified atom stereocenters. The van der Waals surface area contributed by atoms with Crippen LogP contribution in [0.4, 0.5) is 0 Å². The van der Waals surface area contributed by atoms with Crippen molar-refractivity contribution in [3.05, 3.63) is 0 Å². The van der Waals surface area contributed by atoms with E-state index in [1.165, 1.54) is 6.42 Å². The summed E-state index contributed by atoms with van der Waals surface area (Å²) in [5.41, 5.74) is 0. The smallest absolute Gasteiger partial charge is 0.191 e. The fourth-order valence-corrected chi connectivity index (χ4v) is 1.94. The summed E-state index contributed by atoms with van der Waals surface area (Å²) in [6, 6.07) is 0. The van der Waals surface area contributed by atoms with E-state index in [0.29, 0.717) is 12.0 Å². The average molecular weight is 399 g/mol. The molecule has 1 atom stereocenters. The summed E-state index contributed by atoms with van der Waals surface area (Å²) in [5, 5.41) is 6.58. The topological polar surface area (TPSA) is 54.9 Å². The van der Waals surface area contributed by atoms with Crippen LogP contribution < -0.4 is 10.6 Å². The molecule has 1 aliphatic rings. The molecule has 2 N–H and O–H groups in total. The van der Waals surface area contributed by atoms with Crippen molar-refractivity contribution in [2.75, 3.05) is 40.0 Å². The van der Waals surface area contributed by atoms with Crippen LogP contribution in [0.3, 0.4) is 0 Å². The molecule has 0 aromatic rings. The first-order valence-electron chi connectivity index (χ1n) is 7.36. The number of hydrogen-bond acceptors (Lipinski definition) is 3. The minimum atomic E-state index is 0. The van der Waals surface area contributed by atoms with Crippen molar-refractivity contribution in [1.82, 2.24) is 10.6 Å². The number of ether oxygens (including phenoxy) is 2. The fourth-order valence-electron chi connectivity index (χ4n) is 1.94. The molecule has 0 amide bonds. The summed E-state index contributed by atoms with van der Waals surface area (Å²) < 4.78 is 11.1. The predicted molar refractivity (Wildman–Crippen MR) is 94.0 cm³/mol. The van der Waals surface area contributed by atoms with Gasteiger partial charge < -0.3 is 20.1 Å². The summed E-state index contributed by atoms with van der Waals surface area (Å²) in [7, 11) is 1.79. The van der Waals surface area contributed by atoms with Crippen molar-refractivity contribution in [2.24, 2.45) is 10.9 Å². The quantitative estimate of drug-likeness (QED) is 0.284. The van der Waals surface area contributed by atoms with E-state index >= 15 is 0 Å². The van der Waals surface area contributed by atoms with Crippen molar-refractivity contribution >= 4 is 29.9 Å². The monoisotopic (exact) mass is 399 g/mol. The average Bonchev–Trinajstić information content (AvgIpc) is 2.90. The summed E-state index contributed by atoms with van der Waals surface area (Å²) in [5.74, 6) is 1.45. The van der Waals surface area contributed by atoms with Crippen LogP contribution in [0.15, 0.2) is 4.99 Å².